The Morgan fingerprint density at radius 2 is 2.60 bits per heavy atom. The lowest BCUT2D eigenvalue weighted by atomic mass is 10.1. The molecule has 0 saturated heterocycles. The maximum atomic E-state index is 4.18. The van der Waals surface area contributed by atoms with Crippen LogP contribution in [0.4, 0.5) is 5.82 Å². The summed E-state index contributed by atoms with van der Waals surface area (Å²) >= 11 is 0. The highest BCUT2D eigenvalue weighted by atomic mass is 15.0. The van der Waals surface area contributed by atoms with Crippen molar-refractivity contribution in [3.05, 3.63) is 23.9 Å². The molecule has 1 N–H and O–H groups in total. The standard InChI is InChI=1S/C8H9N2/c1-3-7-4-2-6-10-8(7)9-5-1/h1,5H,2,4,6H2,(H,9,10). The highest BCUT2D eigenvalue weighted by Gasteiger charge is 2.06. The summed E-state index contributed by atoms with van der Waals surface area (Å²) in [6.07, 6.45) is 4.10. The number of fused-ring (bicyclic) bond motifs is 1. The smallest absolute Gasteiger partial charge is 0.129 e. The zero-order valence-electron chi connectivity index (χ0n) is 5.72. The summed E-state index contributed by atoms with van der Waals surface area (Å²) < 4.78 is 0. The van der Waals surface area contributed by atoms with Gasteiger partial charge < -0.3 is 5.32 Å². The van der Waals surface area contributed by atoms with Gasteiger partial charge in [0, 0.05) is 18.3 Å². The SMILES string of the molecule is [c]1ccnc2c1CCCN2. The first kappa shape index (κ1) is 5.71. The highest BCUT2D eigenvalue weighted by Crippen LogP contribution is 2.16. The Morgan fingerprint density at radius 1 is 1.60 bits per heavy atom. The van der Waals surface area contributed by atoms with Crippen LogP contribution in [0.3, 0.4) is 0 Å². The van der Waals surface area contributed by atoms with Gasteiger partial charge in [-0.25, -0.2) is 4.98 Å². The van der Waals surface area contributed by atoms with E-state index in [0.717, 1.165) is 18.8 Å². The normalized spacial score (nSPS) is 15.6. The summed E-state index contributed by atoms with van der Waals surface area (Å²) in [6.45, 7) is 1.05. The van der Waals surface area contributed by atoms with Crippen molar-refractivity contribution in [2.24, 2.45) is 0 Å². The molecule has 2 nitrogen and oxygen atoms in total. The highest BCUT2D eigenvalue weighted by molar-refractivity contribution is 5.44. The van der Waals surface area contributed by atoms with Crippen molar-refractivity contribution in [1.82, 2.24) is 4.98 Å². The lowest BCUT2D eigenvalue weighted by Crippen LogP contribution is -2.12. The monoisotopic (exact) mass is 133 g/mol. The molecule has 1 radical (unpaired) electrons. The molecule has 0 spiro atoms. The second kappa shape index (κ2) is 2.29. The van der Waals surface area contributed by atoms with E-state index in [-0.39, 0.29) is 0 Å². The Hall–Kier alpha value is -1.05. The average molecular weight is 133 g/mol. The van der Waals surface area contributed by atoms with E-state index in [1.54, 1.807) is 6.20 Å². The van der Waals surface area contributed by atoms with E-state index < -0.39 is 0 Å². The summed E-state index contributed by atoms with van der Waals surface area (Å²) in [5, 5.41) is 3.22. The third kappa shape index (κ3) is 0.856. The van der Waals surface area contributed by atoms with E-state index in [0.29, 0.717) is 0 Å². The number of anilines is 1. The number of pyridine rings is 1. The lowest BCUT2D eigenvalue weighted by molar-refractivity contribution is 0.816. The molecule has 2 rings (SSSR count). The maximum Gasteiger partial charge on any atom is 0.129 e. The third-order valence-electron chi connectivity index (χ3n) is 1.72. The molecular weight excluding hydrogens is 124 g/mol. The van der Waals surface area contributed by atoms with Crippen molar-refractivity contribution < 1.29 is 0 Å². The average Bonchev–Trinajstić information content (AvgIpc) is 2.05. The number of hydrogen-bond acceptors (Lipinski definition) is 2. The molecule has 51 valence electrons. The second-order valence-corrected chi connectivity index (χ2v) is 2.45. The maximum absolute atomic E-state index is 4.18. The quantitative estimate of drug-likeness (QED) is 0.576. The first-order valence-corrected chi connectivity index (χ1v) is 3.56. The molecular formula is C8H9N2. The molecule has 0 saturated carbocycles. The Morgan fingerprint density at radius 3 is 3.50 bits per heavy atom. The van der Waals surface area contributed by atoms with Crippen molar-refractivity contribution in [3.63, 3.8) is 0 Å². The Bertz CT molecular complexity index is 207. The van der Waals surface area contributed by atoms with Gasteiger partial charge in [0.2, 0.25) is 0 Å². The first-order chi connectivity index (χ1) is 4.97. The Labute approximate surface area is 60.3 Å². The molecule has 0 atom stereocenters. The molecule has 0 unspecified atom stereocenters. The van der Waals surface area contributed by atoms with Crippen LogP contribution in [0.15, 0.2) is 12.3 Å². The first-order valence-electron chi connectivity index (χ1n) is 3.56. The molecule has 2 heteroatoms. The van der Waals surface area contributed by atoms with E-state index >= 15 is 0 Å². The van der Waals surface area contributed by atoms with Crippen LogP contribution in [0, 0.1) is 6.07 Å². The molecule has 0 aromatic carbocycles. The molecule has 0 amide bonds. The molecule has 1 aliphatic heterocycles. The van der Waals surface area contributed by atoms with Gasteiger partial charge in [0.1, 0.15) is 5.82 Å². The van der Waals surface area contributed by atoms with Gasteiger partial charge in [-0.1, -0.05) is 0 Å². The summed E-state index contributed by atoms with van der Waals surface area (Å²) in [4.78, 5) is 4.18. The molecule has 1 aromatic heterocycles. The van der Waals surface area contributed by atoms with Gasteiger partial charge in [0.05, 0.1) is 0 Å². The summed E-state index contributed by atoms with van der Waals surface area (Å²) in [7, 11) is 0. The van der Waals surface area contributed by atoms with Gasteiger partial charge in [0.15, 0.2) is 0 Å². The van der Waals surface area contributed by atoms with Crippen LogP contribution in [-0.2, 0) is 6.42 Å². The Balaban J connectivity index is 2.41. The van der Waals surface area contributed by atoms with Crippen LogP contribution in [0.1, 0.15) is 12.0 Å². The van der Waals surface area contributed by atoms with Crippen molar-refractivity contribution in [2.75, 3.05) is 11.9 Å². The predicted molar refractivity (Wildman–Crippen MR) is 39.9 cm³/mol. The largest absolute Gasteiger partial charge is 0.370 e. The van der Waals surface area contributed by atoms with E-state index in [4.69, 9.17) is 0 Å². The minimum absolute atomic E-state index is 1.02. The van der Waals surface area contributed by atoms with Crippen LogP contribution < -0.4 is 5.32 Å². The molecule has 1 aliphatic rings. The number of nitrogens with one attached hydrogen (secondary N) is 1. The van der Waals surface area contributed by atoms with E-state index in [9.17, 15) is 0 Å². The van der Waals surface area contributed by atoms with Gasteiger partial charge in [-0.15, -0.1) is 0 Å². The Kier molecular flexibility index (Phi) is 1.31. The second-order valence-electron chi connectivity index (χ2n) is 2.45. The fraction of sp³-hybridized carbons (Fsp3) is 0.375. The van der Waals surface area contributed by atoms with Gasteiger partial charge in [0.25, 0.3) is 0 Å². The van der Waals surface area contributed by atoms with Crippen molar-refractivity contribution >= 4 is 5.82 Å². The van der Waals surface area contributed by atoms with Crippen LogP contribution in [0.25, 0.3) is 0 Å². The number of nitrogens with zero attached hydrogens (tertiary/aromatic N) is 1. The van der Waals surface area contributed by atoms with Crippen molar-refractivity contribution in [3.8, 4) is 0 Å². The minimum Gasteiger partial charge on any atom is -0.370 e. The number of aromatic nitrogens is 1. The van der Waals surface area contributed by atoms with Crippen LogP contribution in [-0.4, -0.2) is 11.5 Å². The zero-order valence-corrected chi connectivity index (χ0v) is 5.72. The van der Waals surface area contributed by atoms with Crippen LogP contribution in [0.5, 0.6) is 0 Å². The number of hydrogen-bond donors (Lipinski definition) is 1. The molecule has 0 aliphatic carbocycles. The molecule has 0 bridgehead atoms. The fourth-order valence-corrected chi connectivity index (χ4v) is 1.21. The summed E-state index contributed by atoms with van der Waals surface area (Å²) in [5.74, 6) is 1.02. The van der Waals surface area contributed by atoms with Gasteiger partial charge in [-0.3, -0.25) is 0 Å². The summed E-state index contributed by atoms with van der Waals surface area (Å²) in [6, 6.07) is 5.03. The molecule has 1 aromatic rings. The molecule has 10 heavy (non-hydrogen) atoms. The van der Waals surface area contributed by atoms with E-state index in [2.05, 4.69) is 16.4 Å². The molecule has 2 heterocycles. The zero-order chi connectivity index (χ0) is 6.81. The van der Waals surface area contributed by atoms with Crippen molar-refractivity contribution in [2.45, 2.75) is 12.8 Å². The van der Waals surface area contributed by atoms with Gasteiger partial charge in [-0.05, 0) is 25.0 Å². The topological polar surface area (TPSA) is 24.9 Å². The number of rotatable bonds is 0. The lowest BCUT2D eigenvalue weighted by Gasteiger charge is -2.14. The number of aryl methyl sites for hydroxylation is 1. The summed E-state index contributed by atoms with van der Waals surface area (Å²) in [5.41, 5.74) is 1.23. The van der Waals surface area contributed by atoms with E-state index in [1.165, 1.54) is 12.0 Å². The van der Waals surface area contributed by atoms with E-state index in [1.807, 2.05) is 6.07 Å². The van der Waals surface area contributed by atoms with Gasteiger partial charge in [-0.2, -0.15) is 0 Å². The van der Waals surface area contributed by atoms with Crippen LogP contribution in [0.2, 0.25) is 0 Å². The predicted octanol–water partition coefficient (Wildman–Crippen LogP) is 1.24. The van der Waals surface area contributed by atoms with Crippen molar-refractivity contribution in [1.29, 1.82) is 0 Å². The third-order valence-corrected chi connectivity index (χ3v) is 1.72. The van der Waals surface area contributed by atoms with Gasteiger partial charge >= 0.3 is 0 Å². The van der Waals surface area contributed by atoms with Crippen LogP contribution >= 0.6 is 0 Å². The fourth-order valence-electron chi connectivity index (χ4n) is 1.21. The minimum atomic E-state index is 1.02. The molecule has 0 fully saturated rings.